The van der Waals surface area contributed by atoms with Crippen molar-refractivity contribution in [3.8, 4) is 0 Å². The van der Waals surface area contributed by atoms with Crippen molar-refractivity contribution < 1.29 is 0 Å². The van der Waals surface area contributed by atoms with Crippen LogP contribution >= 0.6 is 0 Å². The van der Waals surface area contributed by atoms with Crippen molar-refractivity contribution in [2.75, 3.05) is 0 Å². The molecular formula is C18H32Si. The Balaban J connectivity index is 3.21. The maximum absolute atomic E-state index is 2.49. The molecule has 0 bridgehead atoms. The first-order chi connectivity index (χ1) is 9.02. The Bertz CT molecular complexity index is 405. The summed E-state index contributed by atoms with van der Waals surface area (Å²) in [4.78, 5) is 0. The highest BCUT2D eigenvalue weighted by molar-refractivity contribution is 6.71. The summed E-state index contributed by atoms with van der Waals surface area (Å²) in [7, 11) is -0.740. The first-order valence-electron chi connectivity index (χ1n) is 8.14. The van der Waals surface area contributed by atoms with Gasteiger partial charge in [0.15, 0.2) is 0 Å². The lowest BCUT2D eigenvalue weighted by atomic mass is 9.94. The first kappa shape index (κ1) is 16.5. The molecule has 1 aromatic carbocycles. The summed E-state index contributed by atoms with van der Waals surface area (Å²) in [5.41, 5.74) is 6.50. The van der Waals surface area contributed by atoms with E-state index < -0.39 is 8.80 Å². The summed E-state index contributed by atoms with van der Waals surface area (Å²) >= 11 is 0. The third-order valence-electron chi connectivity index (χ3n) is 4.23. The molecule has 19 heavy (non-hydrogen) atoms. The van der Waals surface area contributed by atoms with E-state index in [9.17, 15) is 0 Å². The molecule has 0 saturated heterocycles. The molecule has 1 rings (SSSR count). The minimum absolute atomic E-state index is 0.740. The maximum atomic E-state index is 2.49. The van der Waals surface area contributed by atoms with Crippen LogP contribution in [-0.4, -0.2) is 8.80 Å². The molecule has 0 nitrogen and oxygen atoms in total. The highest BCUT2D eigenvalue weighted by Gasteiger charge is 2.15. The number of hydrogen-bond acceptors (Lipinski definition) is 0. The van der Waals surface area contributed by atoms with Gasteiger partial charge >= 0.3 is 0 Å². The van der Waals surface area contributed by atoms with Crippen molar-refractivity contribution in [3.05, 3.63) is 28.3 Å². The Hall–Kier alpha value is -0.563. The highest BCUT2D eigenvalue weighted by atomic mass is 28.3. The van der Waals surface area contributed by atoms with Crippen LogP contribution in [0.4, 0.5) is 0 Å². The molecule has 108 valence electrons. The van der Waals surface area contributed by atoms with Gasteiger partial charge in [-0.05, 0) is 61.8 Å². The molecule has 1 heteroatoms. The van der Waals surface area contributed by atoms with Crippen molar-refractivity contribution in [3.63, 3.8) is 0 Å². The predicted octanol–water partition coefficient (Wildman–Crippen LogP) is 4.68. The molecule has 0 aliphatic carbocycles. The fraction of sp³-hybridized carbons (Fsp3) is 0.667. The van der Waals surface area contributed by atoms with Crippen LogP contribution < -0.4 is 5.19 Å². The third kappa shape index (κ3) is 4.20. The molecule has 0 heterocycles. The topological polar surface area (TPSA) is 0 Å². The standard InChI is InChI=1S/C18H32Si/c1-7-9-11-16-13-14(3)17(12-10-8-2)18(15(16)4)19(5)6/h13,19H,7-12H2,1-6H3. The first-order valence-corrected chi connectivity index (χ1v) is 11.0. The van der Waals surface area contributed by atoms with Crippen LogP contribution in [0, 0.1) is 13.8 Å². The Labute approximate surface area is 122 Å². The van der Waals surface area contributed by atoms with Crippen LogP contribution in [0.5, 0.6) is 0 Å². The molecule has 1 aromatic rings. The molecule has 0 fully saturated rings. The van der Waals surface area contributed by atoms with Crippen LogP contribution in [0.15, 0.2) is 6.07 Å². The summed E-state index contributed by atoms with van der Waals surface area (Å²) in [5, 5.41) is 1.78. The van der Waals surface area contributed by atoms with E-state index in [1.165, 1.54) is 38.5 Å². The van der Waals surface area contributed by atoms with Gasteiger partial charge in [0.25, 0.3) is 0 Å². The van der Waals surface area contributed by atoms with Crippen molar-refractivity contribution >= 4 is 14.0 Å². The average Bonchev–Trinajstić information content (AvgIpc) is 2.36. The molecule has 0 unspecified atom stereocenters. The number of benzene rings is 1. The fourth-order valence-corrected chi connectivity index (χ4v) is 5.28. The molecule has 0 N–H and O–H groups in total. The number of aryl methyl sites for hydroxylation is 2. The van der Waals surface area contributed by atoms with E-state index in [2.05, 4.69) is 46.9 Å². The second-order valence-electron chi connectivity index (χ2n) is 6.23. The minimum atomic E-state index is -0.740. The zero-order valence-corrected chi connectivity index (χ0v) is 15.1. The van der Waals surface area contributed by atoms with E-state index in [-0.39, 0.29) is 0 Å². The zero-order valence-electron chi connectivity index (χ0n) is 13.9. The summed E-state index contributed by atoms with van der Waals surface area (Å²) in [5.74, 6) is 0. The van der Waals surface area contributed by atoms with Gasteiger partial charge in [0.2, 0.25) is 0 Å². The van der Waals surface area contributed by atoms with Crippen LogP contribution in [0.3, 0.4) is 0 Å². The minimum Gasteiger partial charge on any atom is -0.0682 e. The van der Waals surface area contributed by atoms with E-state index >= 15 is 0 Å². The molecule has 0 aliphatic heterocycles. The van der Waals surface area contributed by atoms with E-state index in [1.54, 1.807) is 27.4 Å². The Morgan fingerprint density at radius 2 is 1.53 bits per heavy atom. The summed E-state index contributed by atoms with van der Waals surface area (Å²) < 4.78 is 0. The van der Waals surface area contributed by atoms with Gasteiger partial charge in [-0.3, -0.25) is 0 Å². The van der Waals surface area contributed by atoms with Crippen molar-refractivity contribution in [2.45, 2.75) is 79.3 Å². The van der Waals surface area contributed by atoms with Gasteiger partial charge in [-0.25, -0.2) is 0 Å². The molecule has 0 saturated carbocycles. The van der Waals surface area contributed by atoms with E-state index in [1.807, 2.05) is 0 Å². The smallest absolute Gasteiger partial charge is 0.0654 e. The van der Waals surface area contributed by atoms with Gasteiger partial charge in [0, 0.05) is 0 Å². The summed E-state index contributed by atoms with van der Waals surface area (Å²) in [6, 6.07) is 2.48. The average molecular weight is 277 g/mol. The molecule has 0 aromatic heterocycles. The summed E-state index contributed by atoms with van der Waals surface area (Å²) in [6.07, 6.45) is 7.82. The molecule has 0 amide bonds. The summed E-state index contributed by atoms with van der Waals surface area (Å²) in [6.45, 7) is 14.3. The van der Waals surface area contributed by atoms with Gasteiger partial charge in [-0.1, -0.05) is 51.0 Å². The third-order valence-corrected chi connectivity index (χ3v) is 6.17. The fourth-order valence-electron chi connectivity index (χ4n) is 3.16. The van der Waals surface area contributed by atoms with Crippen molar-refractivity contribution in [2.24, 2.45) is 0 Å². The SMILES string of the molecule is CCCCc1cc(C)c(CCCC)c([SiH](C)C)c1C. The maximum Gasteiger partial charge on any atom is 0.0654 e. The second-order valence-corrected chi connectivity index (χ2v) is 9.12. The lowest BCUT2D eigenvalue weighted by molar-refractivity contribution is 0.781. The molecule has 0 spiro atoms. The van der Waals surface area contributed by atoms with Crippen LogP contribution in [0.1, 0.15) is 61.8 Å². The Morgan fingerprint density at radius 3 is 2.05 bits per heavy atom. The molecule has 0 aliphatic rings. The Morgan fingerprint density at radius 1 is 0.947 bits per heavy atom. The second kappa shape index (κ2) is 7.89. The van der Waals surface area contributed by atoms with Gasteiger partial charge in [-0.15, -0.1) is 0 Å². The monoisotopic (exact) mass is 276 g/mol. The number of rotatable bonds is 7. The number of unbranched alkanes of at least 4 members (excludes halogenated alkanes) is 2. The largest absolute Gasteiger partial charge is 0.0682 e. The predicted molar refractivity (Wildman–Crippen MR) is 91.7 cm³/mol. The molecule has 0 radical (unpaired) electrons. The van der Waals surface area contributed by atoms with E-state index in [0.717, 1.165) is 0 Å². The van der Waals surface area contributed by atoms with E-state index in [4.69, 9.17) is 0 Å². The Kier molecular flexibility index (Phi) is 6.85. The normalized spacial score (nSPS) is 11.3. The lowest BCUT2D eigenvalue weighted by Crippen LogP contribution is -2.31. The van der Waals surface area contributed by atoms with Crippen LogP contribution in [-0.2, 0) is 12.8 Å². The van der Waals surface area contributed by atoms with Gasteiger partial charge in [0.1, 0.15) is 0 Å². The molecule has 0 atom stereocenters. The van der Waals surface area contributed by atoms with Gasteiger partial charge in [-0.2, -0.15) is 0 Å². The van der Waals surface area contributed by atoms with Gasteiger partial charge < -0.3 is 0 Å². The highest BCUT2D eigenvalue weighted by Crippen LogP contribution is 2.19. The number of hydrogen-bond donors (Lipinski definition) is 0. The van der Waals surface area contributed by atoms with Crippen molar-refractivity contribution in [1.82, 2.24) is 0 Å². The zero-order chi connectivity index (χ0) is 14.4. The lowest BCUT2D eigenvalue weighted by Gasteiger charge is -2.21. The van der Waals surface area contributed by atoms with Crippen LogP contribution in [0.2, 0.25) is 13.1 Å². The van der Waals surface area contributed by atoms with Crippen LogP contribution in [0.25, 0.3) is 0 Å². The quantitative estimate of drug-likeness (QED) is 0.634. The molecular weight excluding hydrogens is 244 g/mol. The van der Waals surface area contributed by atoms with E-state index in [0.29, 0.717) is 0 Å². The van der Waals surface area contributed by atoms with Gasteiger partial charge in [0.05, 0.1) is 8.80 Å². The van der Waals surface area contributed by atoms with Crippen molar-refractivity contribution in [1.29, 1.82) is 0 Å².